The van der Waals surface area contributed by atoms with Crippen LogP contribution in [0.25, 0.3) is 0 Å². The van der Waals surface area contributed by atoms with Crippen molar-refractivity contribution in [3.05, 3.63) is 0 Å². The van der Waals surface area contributed by atoms with Gasteiger partial charge in [0.05, 0.1) is 19.9 Å². The van der Waals surface area contributed by atoms with Gasteiger partial charge in [0.2, 0.25) is 0 Å². The van der Waals surface area contributed by atoms with Gasteiger partial charge in [0, 0.05) is 18.3 Å². The van der Waals surface area contributed by atoms with Crippen molar-refractivity contribution in [1.29, 1.82) is 0 Å². The maximum absolute atomic E-state index is 13.4. The summed E-state index contributed by atoms with van der Waals surface area (Å²) in [5, 5.41) is 0. The molecule has 0 bridgehead atoms. The molecule has 16 heavy (non-hydrogen) atoms. The molecule has 94 valence electrons. The molecule has 0 aromatic carbocycles. The third kappa shape index (κ3) is 2.40. The molecular weight excluding hydrogens is 207 g/mol. The first-order valence-electron chi connectivity index (χ1n) is 6.58. The highest BCUT2D eigenvalue weighted by Gasteiger charge is 2.48. The van der Waals surface area contributed by atoms with Crippen LogP contribution in [-0.4, -0.2) is 25.7 Å². The van der Waals surface area contributed by atoms with E-state index in [0.717, 1.165) is 44.9 Å². The highest BCUT2D eigenvalue weighted by Crippen LogP contribution is 2.48. The molecular formula is C13H23FO2. The fourth-order valence-electron chi connectivity index (χ4n) is 3.17. The summed E-state index contributed by atoms with van der Waals surface area (Å²) in [6.07, 6.45) is 6.97. The summed E-state index contributed by atoms with van der Waals surface area (Å²) < 4.78 is 24.8. The number of alkyl halides is 1. The summed E-state index contributed by atoms with van der Waals surface area (Å²) >= 11 is 0. The first kappa shape index (κ1) is 12.3. The topological polar surface area (TPSA) is 18.5 Å². The molecule has 1 unspecified atom stereocenters. The molecule has 1 heterocycles. The summed E-state index contributed by atoms with van der Waals surface area (Å²) in [5.41, 5.74) is -0.168. The van der Waals surface area contributed by atoms with Crippen LogP contribution in [0.15, 0.2) is 0 Å². The number of halogens is 1. The fraction of sp³-hybridized carbons (Fsp3) is 1.00. The van der Waals surface area contributed by atoms with Gasteiger partial charge in [0.25, 0.3) is 0 Å². The van der Waals surface area contributed by atoms with Gasteiger partial charge >= 0.3 is 0 Å². The molecule has 2 rings (SSSR count). The number of hydrogen-bond acceptors (Lipinski definition) is 2. The zero-order chi connectivity index (χ0) is 11.5. The predicted octanol–water partition coefficient (Wildman–Crippen LogP) is 3.45. The zero-order valence-corrected chi connectivity index (χ0v) is 10.3. The molecule has 2 aliphatic rings. The van der Waals surface area contributed by atoms with Crippen LogP contribution in [0.4, 0.5) is 4.39 Å². The average Bonchev–Trinajstić information content (AvgIpc) is 2.75. The van der Waals surface area contributed by atoms with Crippen molar-refractivity contribution in [2.75, 3.05) is 19.9 Å². The van der Waals surface area contributed by atoms with Crippen molar-refractivity contribution < 1.29 is 13.9 Å². The molecule has 1 aliphatic carbocycles. The van der Waals surface area contributed by atoms with Crippen molar-refractivity contribution >= 4 is 0 Å². The van der Waals surface area contributed by atoms with Crippen LogP contribution >= 0.6 is 0 Å². The molecule has 0 radical (unpaired) electrons. The Hall–Kier alpha value is -0.150. The monoisotopic (exact) mass is 230 g/mol. The standard InChI is InChI=1S/C13H23FO2/c1-2-3-5-12(11-14)6-4-7-13(10-12)15-8-9-16-13/h2-11H2,1H3. The molecule has 0 N–H and O–H groups in total. The molecule has 0 aromatic rings. The van der Waals surface area contributed by atoms with Crippen LogP contribution in [0, 0.1) is 5.41 Å². The van der Waals surface area contributed by atoms with E-state index in [4.69, 9.17) is 9.47 Å². The van der Waals surface area contributed by atoms with E-state index >= 15 is 0 Å². The minimum Gasteiger partial charge on any atom is -0.348 e. The Morgan fingerprint density at radius 1 is 1.19 bits per heavy atom. The molecule has 1 saturated carbocycles. The SMILES string of the molecule is CCCCC1(CF)CCCC2(C1)OCCO2. The lowest BCUT2D eigenvalue weighted by Gasteiger charge is -2.43. The first-order valence-corrected chi connectivity index (χ1v) is 6.58. The van der Waals surface area contributed by atoms with Gasteiger partial charge in [-0.05, 0) is 19.3 Å². The van der Waals surface area contributed by atoms with E-state index in [1.165, 1.54) is 0 Å². The second kappa shape index (κ2) is 5.01. The van der Waals surface area contributed by atoms with Crippen LogP contribution in [0.2, 0.25) is 0 Å². The van der Waals surface area contributed by atoms with E-state index in [9.17, 15) is 4.39 Å². The van der Waals surface area contributed by atoms with Crippen molar-refractivity contribution in [3.63, 3.8) is 0 Å². The third-order valence-corrected chi connectivity index (χ3v) is 4.07. The fourth-order valence-corrected chi connectivity index (χ4v) is 3.17. The van der Waals surface area contributed by atoms with Gasteiger partial charge < -0.3 is 9.47 Å². The van der Waals surface area contributed by atoms with Gasteiger partial charge in [-0.15, -0.1) is 0 Å². The molecule has 3 heteroatoms. The Morgan fingerprint density at radius 3 is 2.56 bits per heavy atom. The van der Waals surface area contributed by atoms with Crippen LogP contribution in [0.1, 0.15) is 51.9 Å². The average molecular weight is 230 g/mol. The lowest BCUT2D eigenvalue weighted by molar-refractivity contribution is -0.205. The van der Waals surface area contributed by atoms with Gasteiger partial charge in [0.1, 0.15) is 0 Å². The Balaban J connectivity index is 2.02. The molecule has 2 nitrogen and oxygen atoms in total. The first-order chi connectivity index (χ1) is 7.74. The Bertz CT molecular complexity index is 226. The molecule has 0 amide bonds. The van der Waals surface area contributed by atoms with E-state index in [1.54, 1.807) is 0 Å². The van der Waals surface area contributed by atoms with E-state index in [-0.39, 0.29) is 12.1 Å². The number of rotatable bonds is 4. The number of ether oxygens (including phenoxy) is 2. The highest BCUT2D eigenvalue weighted by atomic mass is 19.1. The second-order valence-corrected chi connectivity index (χ2v) is 5.38. The van der Waals surface area contributed by atoms with Gasteiger partial charge in [0.15, 0.2) is 5.79 Å². The van der Waals surface area contributed by atoms with Crippen molar-refractivity contribution in [2.45, 2.75) is 57.7 Å². The van der Waals surface area contributed by atoms with Crippen LogP contribution in [0.5, 0.6) is 0 Å². The van der Waals surface area contributed by atoms with Crippen molar-refractivity contribution in [2.24, 2.45) is 5.41 Å². The molecule has 1 atom stereocenters. The number of hydrogen-bond donors (Lipinski definition) is 0. The van der Waals surface area contributed by atoms with Crippen LogP contribution < -0.4 is 0 Å². The van der Waals surface area contributed by atoms with E-state index in [0.29, 0.717) is 13.2 Å². The lowest BCUT2D eigenvalue weighted by Crippen LogP contribution is -2.43. The lowest BCUT2D eigenvalue weighted by atomic mass is 9.69. The Kier molecular flexibility index (Phi) is 3.85. The van der Waals surface area contributed by atoms with E-state index in [1.807, 2.05) is 0 Å². The maximum Gasteiger partial charge on any atom is 0.169 e. The summed E-state index contributed by atoms with van der Waals surface area (Å²) in [7, 11) is 0. The molecule has 1 spiro atoms. The van der Waals surface area contributed by atoms with Gasteiger partial charge in [-0.1, -0.05) is 19.8 Å². The Morgan fingerprint density at radius 2 is 1.94 bits per heavy atom. The van der Waals surface area contributed by atoms with Gasteiger partial charge in [-0.25, -0.2) is 0 Å². The quantitative estimate of drug-likeness (QED) is 0.736. The third-order valence-electron chi connectivity index (χ3n) is 4.07. The predicted molar refractivity (Wildman–Crippen MR) is 61.0 cm³/mol. The van der Waals surface area contributed by atoms with Crippen LogP contribution in [0.3, 0.4) is 0 Å². The highest BCUT2D eigenvalue weighted by molar-refractivity contribution is 4.92. The molecule has 1 saturated heterocycles. The van der Waals surface area contributed by atoms with Gasteiger partial charge in [-0.3, -0.25) is 4.39 Å². The summed E-state index contributed by atoms with van der Waals surface area (Å²) in [4.78, 5) is 0. The summed E-state index contributed by atoms with van der Waals surface area (Å²) in [6.45, 7) is 3.29. The zero-order valence-electron chi connectivity index (χ0n) is 10.3. The molecule has 1 aliphatic heterocycles. The van der Waals surface area contributed by atoms with Crippen molar-refractivity contribution in [3.8, 4) is 0 Å². The molecule has 0 aromatic heterocycles. The second-order valence-electron chi connectivity index (χ2n) is 5.38. The minimum atomic E-state index is -0.432. The maximum atomic E-state index is 13.4. The normalized spacial score (nSPS) is 33.4. The summed E-state index contributed by atoms with van der Waals surface area (Å²) in [6, 6.07) is 0. The van der Waals surface area contributed by atoms with Crippen LogP contribution in [-0.2, 0) is 9.47 Å². The smallest absolute Gasteiger partial charge is 0.169 e. The van der Waals surface area contributed by atoms with E-state index in [2.05, 4.69) is 6.92 Å². The largest absolute Gasteiger partial charge is 0.348 e. The van der Waals surface area contributed by atoms with E-state index < -0.39 is 5.79 Å². The minimum absolute atomic E-state index is 0.168. The Labute approximate surface area is 97.5 Å². The van der Waals surface area contributed by atoms with Crippen molar-refractivity contribution in [1.82, 2.24) is 0 Å². The number of unbranched alkanes of at least 4 members (excludes halogenated alkanes) is 1. The van der Waals surface area contributed by atoms with Gasteiger partial charge in [-0.2, -0.15) is 0 Å². The summed E-state index contributed by atoms with van der Waals surface area (Å²) in [5.74, 6) is -0.432. The molecule has 2 fully saturated rings.